The molecule has 0 aliphatic carbocycles. The first kappa shape index (κ1) is 12.9. The molecule has 0 radical (unpaired) electrons. The molecule has 1 aromatic heterocycles. The van der Waals surface area contributed by atoms with Crippen LogP contribution in [0.25, 0.3) is 0 Å². The summed E-state index contributed by atoms with van der Waals surface area (Å²) >= 11 is 1.95. The van der Waals surface area contributed by atoms with Crippen LogP contribution in [0.4, 0.5) is 0 Å². The Hall–Kier alpha value is -1.14. The zero-order chi connectivity index (χ0) is 13.3. The van der Waals surface area contributed by atoms with Crippen molar-refractivity contribution >= 4 is 17.7 Å². The minimum absolute atomic E-state index is 0.0565. The molecule has 2 aliphatic rings. The van der Waals surface area contributed by atoms with Gasteiger partial charge in [0.1, 0.15) is 0 Å². The van der Waals surface area contributed by atoms with Crippen molar-refractivity contribution in [1.29, 1.82) is 0 Å². The van der Waals surface area contributed by atoms with Gasteiger partial charge in [0.25, 0.3) is 5.91 Å². The third-order valence-corrected chi connectivity index (χ3v) is 5.23. The molecule has 3 rings (SSSR count). The molecule has 0 bridgehead atoms. The number of likely N-dealkylation sites (tertiary alicyclic amines) is 1. The SMILES string of the molecule is CCO[C@@H]1CSC2(C1)CN(C(=O)c1ccnnc1)C2. The third kappa shape index (κ3) is 2.47. The largest absolute Gasteiger partial charge is 0.378 e. The predicted octanol–water partition coefficient (Wildman–Crippen LogP) is 1.21. The second-order valence-electron chi connectivity index (χ2n) is 5.07. The van der Waals surface area contributed by atoms with Gasteiger partial charge < -0.3 is 9.64 Å². The highest BCUT2D eigenvalue weighted by Crippen LogP contribution is 2.46. The maximum absolute atomic E-state index is 12.2. The fourth-order valence-corrected chi connectivity index (χ4v) is 4.31. The summed E-state index contributed by atoms with van der Waals surface area (Å²) < 4.78 is 5.90. The van der Waals surface area contributed by atoms with E-state index in [2.05, 4.69) is 10.2 Å². The van der Waals surface area contributed by atoms with Gasteiger partial charge in [-0.3, -0.25) is 4.79 Å². The molecular weight excluding hydrogens is 262 g/mol. The molecule has 102 valence electrons. The lowest BCUT2D eigenvalue weighted by molar-refractivity contribution is 0.0358. The predicted molar refractivity (Wildman–Crippen MR) is 73.2 cm³/mol. The molecule has 3 heterocycles. The summed E-state index contributed by atoms with van der Waals surface area (Å²) in [5.41, 5.74) is 0.620. The molecule has 2 fully saturated rings. The first-order valence-corrected chi connectivity index (χ1v) is 7.52. The Bertz CT molecular complexity index is 462. The van der Waals surface area contributed by atoms with E-state index in [1.807, 2.05) is 23.6 Å². The van der Waals surface area contributed by atoms with Crippen LogP contribution < -0.4 is 0 Å². The number of aromatic nitrogens is 2. The van der Waals surface area contributed by atoms with Gasteiger partial charge >= 0.3 is 0 Å². The summed E-state index contributed by atoms with van der Waals surface area (Å²) in [5, 5.41) is 7.44. The summed E-state index contributed by atoms with van der Waals surface area (Å²) in [5.74, 6) is 1.10. The van der Waals surface area contributed by atoms with Crippen molar-refractivity contribution in [2.24, 2.45) is 0 Å². The molecule has 0 aromatic carbocycles. The summed E-state index contributed by atoms with van der Waals surface area (Å²) in [7, 11) is 0. The molecule has 6 heteroatoms. The first-order valence-electron chi connectivity index (χ1n) is 6.54. The molecule has 1 spiro atoms. The second-order valence-corrected chi connectivity index (χ2v) is 6.56. The van der Waals surface area contributed by atoms with Crippen LogP contribution in [0.2, 0.25) is 0 Å². The van der Waals surface area contributed by atoms with Gasteiger partial charge in [0.2, 0.25) is 0 Å². The highest BCUT2D eigenvalue weighted by atomic mass is 32.2. The summed E-state index contributed by atoms with van der Waals surface area (Å²) in [4.78, 5) is 14.1. The minimum atomic E-state index is 0.0565. The number of thioether (sulfide) groups is 1. The molecule has 19 heavy (non-hydrogen) atoms. The van der Waals surface area contributed by atoms with Gasteiger partial charge in [-0.2, -0.15) is 10.2 Å². The molecule has 0 saturated carbocycles. The summed E-state index contributed by atoms with van der Waals surface area (Å²) in [6.45, 7) is 4.44. The number of hydrogen-bond donors (Lipinski definition) is 0. The van der Waals surface area contributed by atoms with Crippen LogP contribution >= 0.6 is 11.8 Å². The van der Waals surface area contributed by atoms with E-state index in [0.717, 1.165) is 31.9 Å². The maximum atomic E-state index is 12.2. The van der Waals surface area contributed by atoms with Gasteiger partial charge in [0.15, 0.2) is 0 Å². The van der Waals surface area contributed by atoms with Crippen molar-refractivity contribution in [3.8, 4) is 0 Å². The lowest BCUT2D eigenvalue weighted by atomic mass is 9.92. The Morgan fingerprint density at radius 1 is 1.58 bits per heavy atom. The maximum Gasteiger partial charge on any atom is 0.255 e. The number of carbonyl (C=O) groups excluding carboxylic acids is 1. The highest BCUT2D eigenvalue weighted by Gasteiger charge is 2.50. The van der Waals surface area contributed by atoms with E-state index in [9.17, 15) is 4.79 Å². The average molecular weight is 279 g/mol. The topological polar surface area (TPSA) is 55.3 Å². The summed E-state index contributed by atoms with van der Waals surface area (Å²) in [6.07, 6.45) is 4.50. The van der Waals surface area contributed by atoms with Crippen molar-refractivity contribution in [2.45, 2.75) is 24.2 Å². The zero-order valence-electron chi connectivity index (χ0n) is 10.9. The lowest BCUT2D eigenvalue weighted by Crippen LogP contribution is -2.60. The number of amides is 1. The monoisotopic (exact) mass is 279 g/mol. The van der Waals surface area contributed by atoms with Crippen LogP contribution in [0.3, 0.4) is 0 Å². The van der Waals surface area contributed by atoms with Gasteiger partial charge in [0, 0.05) is 25.4 Å². The molecule has 0 N–H and O–H groups in total. The molecule has 2 aliphatic heterocycles. The van der Waals surface area contributed by atoms with Crippen molar-refractivity contribution in [3.63, 3.8) is 0 Å². The number of ether oxygens (including phenoxy) is 1. The standard InChI is InChI=1S/C13H17N3O2S/c1-2-18-11-5-13(19-7-11)8-16(9-13)12(17)10-3-4-14-15-6-10/h3-4,6,11H,2,5,7-9H2,1H3/t11-/m0/s1. The van der Waals surface area contributed by atoms with Gasteiger partial charge in [0.05, 0.1) is 28.8 Å². The van der Waals surface area contributed by atoms with Crippen LogP contribution in [0.1, 0.15) is 23.7 Å². The van der Waals surface area contributed by atoms with E-state index in [1.165, 1.54) is 6.20 Å². The average Bonchev–Trinajstić information content (AvgIpc) is 2.82. The molecule has 5 nitrogen and oxygen atoms in total. The van der Waals surface area contributed by atoms with E-state index < -0.39 is 0 Å². The van der Waals surface area contributed by atoms with Crippen LogP contribution in [0, 0.1) is 0 Å². The van der Waals surface area contributed by atoms with E-state index in [1.54, 1.807) is 12.3 Å². The Balaban J connectivity index is 1.57. The minimum Gasteiger partial charge on any atom is -0.378 e. The van der Waals surface area contributed by atoms with Crippen LogP contribution in [-0.4, -0.2) is 57.3 Å². The van der Waals surface area contributed by atoms with Crippen LogP contribution in [-0.2, 0) is 4.74 Å². The fraction of sp³-hybridized carbons (Fsp3) is 0.615. The Morgan fingerprint density at radius 2 is 2.42 bits per heavy atom. The molecular formula is C13H17N3O2S. The summed E-state index contributed by atoms with van der Waals surface area (Å²) in [6, 6.07) is 1.71. The molecule has 2 saturated heterocycles. The van der Waals surface area contributed by atoms with Gasteiger partial charge in [-0.05, 0) is 19.4 Å². The molecule has 1 atom stereocenters. The van der Waals surface area contributed by atoms with Crippen molar-refractivity contribution in [2.75, 3.05) is 25.4 Å². The fourth-order valence-electron chi connectivity index (χ4n) is 2.76. The quantitative estimate of drug-likeness (QED) is 0.832. The Labute approximate surface area is 116 Å². The first-order chi connectivity index (χ1) is 9.22. The molecule has 1 amide bonds. The van der Waals surface area contributed by atoms with Crippen molar-refractivity contribution in [1.82, 2.24) is 15.1 Å². The van der Waals surface area contributed by atoms with E-state index >= 15 is 0 Å². The number of carbonyl (C=O) groups is 1. The van der Waals surface area contributed by atoms with Crippen molar-refractivity contribution < 1.29 is 9.53 Å². The molecule has 1 aromatic rings. The Morgan fingerprint density at radius 3 is 3.11 bits per heavy atom. The number of nitrogens with zero attached hydrogens (tertiary/aromatic N) is 3. The lowest BCUT2D eigenvalue weighted by Gasteiger charge is -2.47. The third-order valence-electron chi connectivity index (χ3n) is 3.65. The van der Waals surface area contributed by atoms with E-state index in [-0.39, 0.29) is 10.7 Å². The molecule has 0 unspecified atom stereocenters. The highest BCUT2D eigenvalue weighted by molar-refractivity contribution is 8.01. The van der Waals surface area contributed by atoms with Gasteiger partial charge in [-0.1, -0.05) is 0 Å². The second kappa shape index (κ2) is 5.09. The van der Waals surface area contributed by atoms with Gasteiger partial charge in [-0.15, -0.1) is 11.8 Å². The zero-order valence-corrected chi connectivity index (χ0v) is 11.7. The number of rotatable bonds is 3. The smallest absolute Gasteiger partial charge is 0.255 e. The van der Waals surface area contributed by atoms with Crippen LogP contribution in [0.5, 0.6) is 0 Å². The van der Waals surface area contributed by atoms with Gasteiger partial charge in [-0.25, -0.2) is 0 Å². The Kier molecular flexibility index (Phi) is 3.45. The van der Waals surface area contributed by atoms with E-state index in [0.29, 0.717) is 11.7 Å². The normalized spacial score (nSPS) is 24.5. The van der Waals surface area contributed by atoms with Crippen LogP contribution in [0.15, 0.2) is 18.5 Å². The van der Waals surface area contributed by atoms with E-state index in [4.69, 9.17) is 4.74 Å². The number of hydrogen-bond acceptors (Lipinski definition) is 5. The van der Waals surface area contributed by atoms with Crippen molar-refractivity contribution in [3.05, 3.63) is 24.0 Å².